The lowest BCUT2D eigenvalue weighted by atomic mass is 9.83. The first-order valence-electron chi connectivity index (χ1n) is 5.67. The van der Waals surface area contributed by atoms with E-state index in [4.69, 9.17) is 14.2 Å². The number of esters is 1. The Labute approximate surface area is 104 Å². The third kappa shape index (κ3) is 2.41. The summed E-state index contributed by atoms with van der Waals surface area (Å²) in [5, 5.41) is 0. The second-order valence-corrected chi connectivity index (χ2v) is 5.36. The lowest BCUT2D eigenvalue weighted by molar-refractivity contribution is -0.183. The minimum Gasteiger partial charge on any atom is -0.468 e. The average Bonchev–Trinajstić information content (AvgIpc) is 2.77. The van der Waals surface area contributed by atoms with E-state index < -0.39 is 0 Å². The molecule has 2 aliphatic rings. The van der Waals surface area contributed by atoms with Crippen LogP contribution in [0.1, 0.15) is 25.7 Å². The van der Waals surface area contributed by atoms with Gasteiger partial charge in [0, 0.05) is 12.8 Å². The fourth-order valence-electron chi connectivity index (χ4n) is 2.46. The monoisotopic (exact) mass is 292 g/mol. The van der Waals surface area contributed by atoms with E-state index in [-0.39, 0.29) is 16.6 Å². The number of methoxy groups -OCH3 is 1. The van der Waals surface area contributed by atoms with Crippen LogP contribution in [0.4, 0.5) is 0 Å². The maximum atomic E-state index is 11.4. The summed E-state index contributed by atoms with van der Waals surface area (Å²) < 4.78 is 16.0. The van der Waals surface area contributed by atoms with Crippen LogP contribution in [-0.4, -0.2) is 36.9 Å². The summed E-state index contributed by atoms with van der Waals surface area (Å²) in [5.41, 5.74) is 0. The molecule has 1 saturated carbocycles. The number of rotatable bonds is 2. The molecule has 4 nitrogen and oxygen atoms in total. The van der Waals surface area contributed by atoms with Gasteiger partial charge in [0.05, 0.1) is 20.3 Å². The second kappa shape index (κ2) is 5.02. The third-order valence-electron chi connectivity index (χ3n) is 3.45. The first-order chi connectivity index (χ1) is 7.67. The van der Waals surface area contributed by atoms with Crippen LogP contribution in [0.25, 0.3) is 0 Å². The number of hydrogen-bond acceptors (Lipinski definition) is 4. The van der Waals surface area contributed by atoms with E-state index in [2.05, 4.69) is 15.9 Å². The molecular weight excluding hydrogens is 276 g/mol. The Morgan fingerprint density at radius 3 is 2.44 bits per heavy atom. The molecule has 92 valence electrons. The van der Waals surface area contributed by atoms with Crippen molar-refractivity contribution in [3.05, 3.63) is 0 Å². The summed E-state index contributed by atoms with van der Waals surface area (Å²) in [5.74, 6) is -0.209. The Bertz CT molecular complexity index is 253. The Morgan fingerprint density at radius 1 is 1.38 bits per heavy atom. The SMILES string of the molecule is COC(=O)[C@H](Br)C1CCC2(CC1)OCCO2. The van der Waals surface area contributed by atoms with Crippen LogP contribution in [0.3, 0.4) is 0 Å². The molecule has 0 radical (unpaired) electrons. The summed E-state index contributed by atoms with van der Waals surface area (Å²) in [4.78, 5) is 11.2. The van der Waals surface area contributed by atoms with E-state index in [1.165, 1.54) is 7.11 Å². The maximum absolute atomic E-state index is 11.4. The Kier molecular flexibility index (Phi) is 3.87. The van der Waals surface area contributed by atoms with Crippen LogP contribution in [0, 0.1) is 5.92 Å². The zero-order valence-electron chi connectivity index (χ0n) is 9.41. The van der Waals surface area contributed by atoms with Crippen LogP contribution in [0.2, 0.25) is 0 Å². The molecule has 1 saturated heterocycles. The molecule has 0 unspecified atom stereocenters. The first-order valence-corrected chi connectivity index (χ1v) is 6.58. The number of alkyl halides is 1. The van der Waals surface area contributed by atoms with Gasteiger partial charge in [0.25, 0.3) is 0 Å². The second-order valence-electron chi connectivity index (χ2n) is 4.37. The van der Waals surface area contributed by atoms with Crippen LogP contribution < -0.4 is 0 Å². The highest BCUT2D eigenvalue weighted by molar-refractivity contribution is 9.10. The number of carbonyl (C=O) groups excluding carboxylic acids is 1. The first kappa shape index (κ1) is 12.3. The molecule has 0 aromatic heterocycles. The zero-order chi connectivity index (χ0) is 11.6. The number of hydrogen-bond donors (Lipinski definition) is 0. The molecule has 0 bridgehead atoms. The Morgan fingerprint density at radius 2 is 1.94 bits per heavy atom. The summed E-state index contributed by atoms with van der Waals surface area (Å²) in [7, 11) is 1.42. The molecule has 0 amide bonds. The largest absolute Gasteiger partial charge is 0.468 e. The molecular formula is C11H17BrO4. The molecule has 1 aliphatic heterocycles. The molecule has 0 aromatic rings. The molecule has 1 heterocycles. The van der Waals surface area contributed by atoms with Gasteiger partial charge in [-0.15, -0.1) is 0 Å². The lowest BCUT2D eigenvalue weighted by Crippen LogP contribution is -2.38. The van der Waals surface area contributed by atoms with Crippen molar-refractivity contribution in [2.45, 2.75) is 36.3 Å². The molecule has 0 N–H and O–H groups in total. The van der Waals surface area contributed by atoms with Crippen LogP contribution in [0.15, 0.2) is 0 Å². The topological polar surface area (TPSA) is 44.8 Å². The van der Waals surface area contributed by atoms with Crippen molar-refractivity contribution >= 4 is 21.9 Å². The Hall–Kier alpha value is -0.130. The van der Waals surface area contributed by atoms with Gasteiger partial charge in [-0.1, -0.05) is 15.9 Å². The number of ether oxygens (including phenoxy) is 3. The summed E-state index contributed by atoms with van der Waals surface area (Å²) >= 11 is 3.41. The molecule has 0 aromatic carbocycles. The fourth-order valence-corrected chi connectivity index (χ4v) is 3.18. The number of carbonyl (C=O) groups is 1. The average molecular weight is 293 g/mol. The maximum Gasteiger partial charge on any atom is 0.319 e. The van der Waals surface area contributed by atoms with E-state index in [0.717, 1.165) is 25.7 Å². The third-order valence-corrected chi connectivity index (χ3v) is 4.57. The van der Waals surface area contributed by atoms with Gasteiger partial charge in [0.15, 0.2) is 5.79 Å². The number of halogens is 1. The van der Waals surface area contributed by atoms with Crippen molar-refractivity contribution in [2.75, 3.05) is 20.3 Å². The normalized spacial score (nSPS) is 26.9. The van der Waals surface area contributed by atoms with Crippen molar-refractivity contribution < 1.29 is 19.0 Å². The van der Waals surface area contributed by atoms with E-state index in [0.29, 0.717) is 19.1 Å². The van der Waals surface area contributed by atoms with Gasteiger partial charge in [-0.05, 0) is 18.8 Å². The van der Waals surface area contributed by atoms with Crippen molar-refractivity contribution in [3.63, 3.8) is 0 Å². The van der Waals surface area contributed by atoms with Crippen molar-refractivity contribution in [2.24, 2.45) is 5.92 Å². The molecule has 1 atom stereocenters. The fraction of sp³-hybridized carbons (Fsp3) is 0.909. The molecule has 2 rings (SSSR count). The predicted molar refractivity (Wildman–Crippen MR) is 61.3 cm³/mol. The summed E-state index contributed by atoms with van der Waals surface area (Å²) in [6, 6.07) is 0. The molecule has 5 heteroatoms. The van der Waals surface area contributed by atoms with Gasteiger partial charge in [-0.2, -0.15) is 0 Å². The van der Waals surface area contributed by atoms with Gasteiger partial charge >= 0.3 is 5.97 Å². The van der Waals surface area contributed by atoms with E-state index in [9.17, 15) is 4.79 Å². The van der Waals surface area contributed by atoms with Gasteiger partial charge < -0.3 is 14.2 Å². The summed E-state index contributed by atoms with van der Waals surface area (Å²) in [6.45, 7) is 1.39. The van der Waals surface area contributed by atoms with E-state index in [1.807, 2.05) is 0 Å². The highest BCUT2D eigenvalue weighted by Gasteiger charge is 2.42. The van der Waals surface area contributed by atoms with Gasteiger partial charge in [0.1, 0.15) is 4.83 Å². The van der Waals surface area contributed by atoms with Crippen LogP contribution in [0.5, 0.6) is 0 Å². The van der Waals surface area contributed by atoms with Crippen molar-refractivity contribution in [3.8, 4) is 0 Å². The lowest BCUT2D eigenvalue weighted by Gasteiger charge is -2.36. The molecule has 1 aliphatic carbocycles. The van der Waals surface area contributed by atoms with Gasteiger partial charge in [-0.25, -0.2) is 0 Å². The highest BCUT2D eigenvalue weighted by Crippen LogP contribution is 2.40. The molecule has 1 spiro atoms. The standard InChI is InChI=1S/C11H17BrO4/c1-14-10(13)9(12)8-2-4-11(5-3-8)15-6-7-16-11/h8-9H,2-7H2,1H3/t9-/m1/s1. The van der Waals surface area contributed by atoms with E-state index in [1.54, 1.807) is 0 Å². The van der Waals surface area contributed by atoms with Crippen LogP contribution in [-0.2, 0) is 19.0 Å². The zero-order valence-corrected chi connectivity index (χ0v) is 11.0. The van der Waals surface area contributed by atoms with Gasteiger partial charge in [-0.3, -0.25) is 4.79 Å². The molecule has 2 fully saturated rings. The van der Waals surface area contributed by atoms with Gasteiger partial charge in [0.2, 0.25) is 0 Å². The molecule has 16 heavy (non-hydrogen) atoms. The smallest absolute Gasteiger partial charge is 0.319 e. The quantitative estimate of drug-likeness (QED) is 0.576. The van der Waals surface area contributed by atoms with Crippen LogP contribution >= 0.6 is 15.9 Å². The minimum atomic E-state index is -0.348. The summed E-state index contributed by atoms with van der Waals surface area (Å²) in [6.07, 6.45) is 3.61. The van der Waals surface area contributed by atoms with Crippen molar-refractivity contribution in [1.82, 2.24) is 0 Å². The Balaban J connectivity index is 1.87. The van der Waals surface area contributed by atoms with Crippen molar-refractivity contribution in [1.29, 1.82) is 0 Å². The highest BCUT2D eigenvalue weighted by atomic mass is 79.9. The minimum absolute atomic E-state index is 0.186. The predicted octanol–water partition coefficient (Wildman–Crippen LogP) is 1.86. The van der Waals surface area contributed by atoms with E-state index >= 15 is 0 Å².